The Morgan fingerprint density at radius 2 is 2.12 bits per heavy atom. The molecule has 0 radical (unpaired) electrons. The van der Waals surface area contributed by atoms with Crippen LogP contribution in [0, 0.1) is 0 Å². The highest BCUT2D eigenvalue weighted by Gasteiger charge is 2.10. The van der Waals surface area contributed by atoms with Crippen molar-refractivity contribution in [1.82, 2.24) is 5.43 Å². The zero-order valence-corrected chi connectivity index (χ0v) is 11.9. The van der Waals surface area contributed by atoms with Gasteiger partial charge in [0.05, 0.1) is 0 Å². The molecule has 0 fully saturated rings. The molecule has 0 aliphatic carbocycles. The van der Waals surface area contributed by atoms with Gasteiger partial charge in [0.15, 0.2) is 0 Å². The van der Waals surface area contributed by atoms with E-state index in [9.17, 15) is 0 Å². The van der Waals surface area contributed by atoms with Crippen LogP contribution in [-0.4, -0.2) is 6.04 Å². The zero-order valence-electron chi connectivity index (χ0n) is 8.65. The van der Waals surface area contributed by atoms with Gasteiger partial charge >= 0.3 is 0 Å². The molecular formula is C11H13BrN2S2. The first-order valence-corrected chi connectivity index (χ1v) is 7.54. The average molecular weight is 317 g/mol. The fourth-order valence-electron chi connectivity index (χ4n) is 1.57. The SMILES string of the molecule is NNC(Cc1cccs1)Cc1cc(Br)cs1. The number of halogens is 1. The van der Waals surface area contributed by atoms with Crippen molar-refractivity contribution in [3.05, 3.63) is 43.2 Å². The average Bonchev–Trinajstić information content (AvgIpc) is 2.89. The molecule has 2 aromatic rings. The molecule has 2 nitrogen and oxygen atoms in total. The highest BCUT2D eigenvalue weighted by atomic mass is 79.9. The molecule has 0 saturated carbocycles. The van der Waals surface area contributed by atoms with Crippen LogP contribution in [-0.2, 0) is 12.8 Å². The number of nitrogens with one attached hydrogen (secondary N) is 1. The van der Waals surface area contributed by atoms with E-state index in [0.717, 1.165) is 17.3 Å². The summed E-state index contributed by atoms with van der Waals surface area (Å²) in [5.74, 6) is 5.59. The third-order valence-corrected chi connectivity index (χ3v) is 4.95. The van der Waals surface area contributed by atoms with Crippen LogP contribution in [0.3, 0.4) is 0 Å². The summed E-state index contributed by atoms with van der Waals surface area (Å²) < 4.78 is 1.15. The Labute approximate surface area is 112 Å². The lowest BCUT2D eigenvalue weighted by Gasteiger charge is -2.13. The molecule has 0 aliphatic heterocycles. The Bertz CT molecular complexity index is 425. The minimum atomic E-state index is 0.309. The molecular weight excluding hydrogens is 304 g/mol. The van der Waals surface area contributed by atoms with E-state index >= 15 is 0 Å². The van der Waals surface area contributed by atoms with E-state index in [1.165, 1.54) is 9.75 Å². The fraction of sp³-hybridized carbons (Fsp3) is 0.273. The molecule has 86 valence electrons. The number of hydrazine groups is 1. The van der Waals surface area contributed by atoms with E-state index in [1.54, 1.807) is 22.7 Å². The van der Waals surface area contributed by atoms with E-state index in [0.29, 0.717) is 6.04 Å². The Hall–Kier alpha value is -0.200. The van der Waals surface area contributed by atoms with Gasteiger partial charge in [-0.1, -0.05) is 6.07 Å². The topological polar surface area (TPSA) is 38.0 Å². The molecule has 0 amide bonds. The van der Waals surface area contributed by atoms with E-state index < -0.39 is 0 Å². The van der Waals surface area contributed by atoms with Crippen LogP contribution >= 0.6 is 38.6 Å². The lowest BCUT2D eigenvalue weighted by molar-refractivity contribution is 0.529. The quantitative estimate of drug-likeness (QED) is 0.656. The van der Waals surface area contributed by atoms with Crippen molar-refractivity contribution >= 4 is 38.6 Å². The Morgan fingerprint density at radius 1 is 1.31 bits per heavy atom. The fourth-order valence-corrected chi connectivity index (χ4v) is 3.88. The molecule has 0 bridgehead atoms. The third-order valence-electron chi connectivity index (χ3n) is 2.33. The van der Waals surface area contributed by atoms with Gasteiger partial charge in [-0.3, -0.25) is 11.3 Å². The summed E-state index contributed by atoms with van der Waals surface area (Å²) in [6.45, 7) is 0. The Kier molecular flexibility index (Phi) is 4.55. The second-order valence-electron chi connectivity index (χ2n) is 3.58. The highest BCUT2D eigenvalue weighted by Crippen LogP contribution is 2.22. The molecule has 1 atom stereocenters. The maximum absolute atomic E-state index is 5.59. The lowest BCUT2D eigenvalue weighted by Crippen LogP contribution is -2.38. The van der Waals surface area contributed by atoms with Crippen molar-refractivity contribution in [1.29, 1.82) is 0 Å². The van der Waals surface area contributed by atoms with Crippen molar-refractivity contribution in [3.63, 3.8) is 0 Å². The summed E-state index contributed by atoms with van der Waals surface area (Å²) in [5, 5.41) is 4.21. The molecule has 5 heteroatoms. The molecule has 2 aromatic heterocycles. The van der Waals surface area contributed by atoms with Crippen LogP contribution in [0.5, 0.6) is 0 Å². The number of nitrogens with two attached hydrogens (primary N) is 1. The van der Waals surface area contributed by atoms with Gasteiger partial charge in [-0.15, -0.1) is 22.7 Å². The third kappa shape index (κ3) is 3.40. The molecule has 3 N–H and O–H groups in total. The molecule has 0 aromatic carbocycles. The second kappa shape index (κ2) is 5.93. The van der Waals surface area contributed by atoms with Gasteiger partial charge < -0.3 is 0 Å². The van der Waals surface area contributed by atoms with Crippen LogP contribution in [0.25, 0.3) is 0 Å². The van der Waals surface area contributed by atoms with E-state index in [4.69, 9.17) is 5.84 Å². The number of thiophene rings is 2. The van der Waals surface area contributed by atoms with Crippen molar-refractivity contribution in [3.8, 4) is 0 Å². The van der Waals surface area contributed by atoms with Gasteiger partial charge in [-0.2, -0.15) is 0 Å². The Balaban J connectivity index is 1.95. The van der Waals surface area contributed by atoms with Gasteiger partial charge in [0.1, 0.15) is 0 Å². The van der Waals surface area contributed by atoms with Crippen molar-refractivity contribution in [2.75, 3.05) is 0 Å². The first-order chi connectivity index (χ1) is 7.78. The van der Waals surface area contributed by atoms with Crippen LogP contribution < -0.4 is 11.3 Å². The van der Waals surface area contributed by atoms with Gasteiger partial charge in [0, 0.05) is 25.6 Å². The first kappa shape index (κ1) is 12.3. The van der Waals surface area contributed by atoms with E-state index in [-0.39, 0.29) is 0 Å². The minimum absolute atomic E-state index is 0.309. The maximum atomic E-state index is 5.59. The summed E-state index contributed by atoms with van der Waals surface area (Å²) in [7, 11) is 0. The molecule has 0 aliphatic rings. The summed E-state index contributed by atoms with van der Waals surface area (Å²) in [4.78, 5) is 2.73. The predicted octanol–water partition coefficient (Wildman–Crippen LogP) is 3.19. The zero-order chi connectivity index (χ0) is 11.4. The maximum Gasteiger partial charge on any atom is 0.0307 e. The van der Waals surface area contributed by atoms with Crippen LogP contribution in [0.1, 0.15) is 9.75 Å². The molecule has 0 spiro atoms. The van der Waals surface area contributed by atoms with E-state index in [1.807, 2.05) is 0 Å². The van der Waals surface area contributed by atoms with Crippen molar-refractivity contribution < 1.29 is 0 Å². The Morgan fingerprint density at radius 3 is 2.69 bits per heavy atom. The molecule has 2 heterocycles. The molecule has 16 heavy (non-hydrogen) atoms. The predicted molar refractivity (Wildman–Crippen MR) is 74.9 cm³/mol. The van der Waals surface area contributed by atoms with Gasteiger partial charge in [-0.25, -0.2) is 0 Å². The number of hydrogen-bond acceptors (Lipinski definition) is 4. The van der Waals surface area contributed by atoms with Gasteiger partial charge in [0.2, 0.25) is 0 Å². The number of rotatable bonds is 5. The smallest absolute Gasteiger partial charge is 0.0307 e. The monoisotopic (exact) mass is 316 g/mol. The minimum Gasteiger partial charge on any atom is -0.271 e. The summed E-state index contributed by atoms with van der Waals surface area (Å²) in [6.07, 6.45) is 1.97. The lowest BCUT2D eigenvalue weighted by atomic mass is 10.1. The van der Waals surface area contributed by atoms with E-state index in [2.05, 4.69) is 50.3 Å². The number of hydrogen-bond donors (Lipinski definition) is 2. The molecule has 2 rings (SSSR count). The molecule has 0 saturated heterocycles. The molecule has 1 unspecified atom stereocenters. The van der Waals surface area contributed by atoms with Crippen molar-refractivity contribution in [2.24, 2.45) is 5.84 Å². The van der Waals surface area contributed by atoms with Gasteiger partial charge in [-0.05, 0) is 46.3 Å². The second-order valence-corrected chi connectivity index (χ2v) is 6.53. The van der Waals surface area contributed by atoms with Crippen molar-refractivity contribution in [2.45, 2.75) is 18.9 Å². The summed E-state index contributed by atoms with van der Waals surface area (Å²) in [6, 6.07) is 6.70. The largest absolute Gasteiger partial charge is 0.271 e. The standard InChI is InChI=1S/C11H13BrN2S2/c12-8-4-11(16-7-8)6-9(14-13)5-10-2-1-3-15-10/h1-4,7,9,14H,5-6,13H2. The summed E-state index contributed by atoms with van der Waals surface area (Å²) >= 11 is 7.01. The van der Waals surface area contributed by atoms with Gasteiger partial charge in [0.25, 0.3) is 0 Å². The van der Waals surface area contributed by atoms with Crippen LogP contribution in [0.15, 0.2) is 33.4 Å². The highest BCUT2D eigenvalue weighted by molar-refractivity contribution is 9.10. The summed E-state index contributed by atoms with van der Waals surface area (Å²) in [5.41, 5.74) is 2.90. The van der Waals surface area contributed by atoms with Crippen LogP contribution in [0.2, 0.25) is 0 Å². The van der Waals surface area contributed by atoms with Crippen LogP contribution in [0.4, 0.5) is 0 Å². The first-order valence-electron chi connectivity index (χ1n) is 4.99. The normalized spacial score (nSPS) is 12.9.